The number of hydrogen-bond donors (Lipinski definition) is 2. The molecule has 1 aliphatic heterocycles. The van der Waals surface area contributed by atoms with Crippen molar-refractivity contribution in [2.75, 3.05) is 19.6 Å². The molecule has 2 heteroatoms. The monoisotopic (exact) mass is 196 g/mol. The lowest BCUT2D eigenvalue weighted by molar-refractivity contribution is 0.354. The summed E-state index contributed by atoms with van der Waals surface area (Å²) in [7, 11) is 0. The molecule has 14 heavy (non-hydrogen) atoms. The molecule has 2 nitrogen and oxygen atoms in total. The fourth-order valence-electron chi connectivity index (χ4n) is 2.54. The van der Waals surface area contributed by atoms with Crippen LogP contribution in [0.2, 0.25) is 0 Å². The first-order valence-electron chi connectivity index (χ1n) is 6.14. The van der Waals surface area contributed by atoms with E-state index in [1.54, 1.807) is 0 Å². The summed E-state index contributed by atoms with van der Waals surface area (Å²) in [5, 5.41) is 7.25. The van der Waals surface area contributed by atoms with Crippen molar-refractivity contribution in [3.05, 3.63) is 0 Å². The van der Waals surface area contributed by atoms with E-state index >= 15 is 0 Å². The molecule has 0 spiro atoms. The van der Waals surface area contributed by atoms with Crippen molar-refractivity contribution >= 4 is 0 Å². The summed E-state index contributed by atoms with van der Waals surface area (Å²) >= 11 is 0. The third-order valence-corrected chi connectivity index (χ3v) is 4.18. The molecule has 1 aliphatic carbocycles. The summed E-state index contributed by atoms with van der Waals surface area (Å²) < 4.78 is 0. The van der Waals surface area contributed by atoms with Gasteiger partial charge in [0, 0.05) is 18.6 Å². The van der Waals surface area contributed by atoms with Gasteiger partial charge in [-0.25, -0.2) is 0 Å². The topological polar surface area (TPSA) is 24.1 Å². The summed E-state index contributed by atoms with van der Waals surface area (Å²) in [4.78, 5) is 0. The predicted octanol–water partition coefficient (Wildman–Crippen LogP) is 1.91. The van der Waals surface area contributed by atoms with Crippen LogP contribution in [0.3, 0.4) is 0 Å². The molecule has 0 amide bonds. The minimum absolute atomic E-state index is 0.379. The third-order valence-electron chi connectivity index (χ3n) is 4.18. The average Bonchev–Trinajstić information content (AvgIpc) is 2.83. The second-order valence-electron chi connectivity index (χ2n) is 5.55. The van der Waals surface area contributed by atoms with E-state index in [0.29, 0.717) is 11.0 Å². The van der Waals surface area contributed by atoms with Crippen LogP contribution >= 0.6 is 0 Å². The maximum atomic E-state index is 3.66. The molecule has 82 valence electrons. The van der Waals surface area contributed by atoms with Gasteiger partial charge in [-0.2, -0.15) is 0 Å². The quantitative estimate of drug-likeness (QED) is 0.702. The van der Waals surface area contributed by atoms with E-state index in [1.807, 2.05) is 0 Å². The van der Waals surface area contributed by atoms with E-state index in [1.165, 1.54) is 45.2 Å². The van der Waals surface area contributed by atoms with E-state index in [0.717, 1.165) is 6.54 Å². The van der Waals surface area contributed by atoms with E-state index < -0.39 is 0 Å². The minimum Gasteiger partial charge on any atom is -0.314 e. The summed E-state index contributed by atoms with van der Waals surface area (Å²) in [6.45, 7) is 8.26. The standard InChI is InChI=1S/C12H24N2/c1-3-12(6-7-12)10-13-9-11(2)5-4-8-14-11/h13-14H,3-10H2,1-2H3. The zero-order valence-electron chi connectivity index (χ0n) is 9.66. The molecule has 1 saturated heterocycles. The Morgan fingerprint density at radius 3 is 2.50 bits per heavy atom. The van der Waals surface area contributed by atoms with Gasteiger partial charge in [0.15, 0.2) is 0 Å². The van der Waals surface area contributed by atoms with E-state index in [-0.39, 0.29) is 0 Å². The number of hydrogen-bond acceptors (Lipinski definition) is 2. The van der Waals surface area contributed by atoms with Crippen LogP contribution in [0.1, 0.15) is 46.0 Å². The van der Waals surface area contributed by atoms with Gasteiger partial charge in [0.2, 0.25) is 0 Å². The summed E-state index contributed by atoms with van der Waals surface area (Å²) in [6.07, 6.45) is 6.92. The molecule has 0 radical (unpaired) electrons. The zero-order valence-corrected chi connectivity index (χ0v) is 9.66. The fraction of sp³-hybridized carbons (Fsp3) is 1.00. The van der Waals surface area contributed by atoms with Gasteiger partial charge in [-0.15, -0.1) is 0 Å². The van der Waals surface area contributed by atoms with Crippen molar-refractivity contribution in [1.29, 1.82) is 0 Å². The Hall–Kier alpha value is -0.0800. The molecule has 2 fully saturated rings. The average molecular weight is 196 g/mol. The molecular weight excluding hydrogens is 172 g/mol. The molecule has 0 aromatic rings. The Balaban J connectivity index is 1.67. The Kier molecular flexibility index (Phi) is 2.85. The molecule has 0 aromatic heterocycles. The molecule has 1 unspecified atom stereocenters. The van der Waals surface area contributed by atoms with Crippen molar-refractivity contribution < 1.29 is 0 Å². The molecule has 0 aromatic carbocycles. The Labute approximate surface area is 87.8 Å². The molecule has 2 aliphatic rings. The molecule has 1 atom stereocenters. The second-order valence-corrected chi connectivity index (χ2v) is 5.55. The first-order valence-corrected chi connectivity index (χ1v) is 6.14. The zero-order chi connectivity index (χ0) is 10.1. The van der Waals surface area contributed by atoms with Crippen molar-refractivity contribution in [2.45, 2.75) is 51.5 Å². The highest BCUT2D eigenvalue weighted by molar-refractivity contribution is 4.96. The van der Waals surface area contributed by atoms with Crippen LogP contribution in [0, 0.1) is 5.41 Å². The second kappa shape index (κ2) is 3.82. The largest absolute Gasteiger partial charge is 0.314 e. The van der Waals surface area contributed by atoms with Crippen LogP contribution < -0.4 is 10.6 Å². The third kappa shape index (κ3) is 2.29. The highest BCUT2D eigenvalue weighted by Gasteiger charge is 2.40. The van der Waals surface area contributed by atoms with Gasteiger partial charge in [-0.3, -0.25) is 0 Å². The van der Waals surface area contributed by atoms with Crippen molar-refractivity contribution in [3.8, 4) is 0 Å². The van der Waals surface area contributed by atoms with Crippen molar-refractivity contribution in [1.82, 2.24) is 10.6 Å². The number of nitrogens with one attached hydrogen (secondary N) is 2. The maximum Gasteiger partial charge on any atom is 0.0278 e. The van der Waals surface area contributed by atoms with Gasteiger partial charge in [0.1, 0.15) is 0 Å². The lowest BCUT2D eigenvalue weighted by atomic mass is 9.99. The fourth-order valence-corrected chi connectivity index (χ4v) is 2.54. The van der Waals surface area contributed by atoms with Crippen LogP contribution in [0.15, 0.2) is 0 Å². The van der Waals surface area contributed by atoms with Crippen LogP contribution in [0.4, 0.5) is 0 Å². The number of rotatable bonds is 5. The lowest BCUT2D eigenvalue weighted by Gasteiger charge is -2.26. The van der Waals surface area contributed by atoms with Crippen LogP contribution in [-0.4, -0.2) is 25.2 Å². The summed E-state index contributed by atoms with van der Waals surface area (Å²) in [5.41, 5.74) is 1.07. The van der Waals surface area contributed by atoms with Crippen molar-refractivity contribution in [3.63, 3.8) is 0 Å². The lowest BCUT2D eigenvalue weighted by Crippen LogP contribution is -2.46. The van der Waals surface area contributed by atoms with Gasteiger partial charge in [0.05, 0.1) is 0 Å². The Morgan fingerprint density at radius 2 is 2.00 bits per heavy atom. The van der Waals surface area contributed by atoms with E-state index in [4.69, 9.17) is 0 Å². The maximum absolute atomic E-state index is 3.66. The van der Waals surface area contributed by atoms with E-state index in [2.05, 4.69) is 24.5 Å². The van der Waals surface area contributed by atoms with Gasteiger partial charge in [-0.05, 0) is 51.0 Å². The van der Waals surface area contributed by atoms with Gasteiger partial charge in [-0.1, -0.05) is 6.92 Å². The Bertz CT molecular complexity index is 190. The molecule has 1 heterocycles. The van der Waals surface area contributed by atoms with Gasteiger partial charge < -0.3 is 10.6 Å². The predicted molar refractivity (Wildman–Crippen MR) is 60.5 cm³/mol. The van der Waals surface area contributed by atoms with Gasteiger partial charge >= 0.3 is 0 Å². The molecule has 0 bridgehead atoms. The highest BCUT2D eigenvalue weighted by atomic mass is 15.1. The smallest absolute Gasteiger partial charge is 0.0278 e. The molecular formula is C12H24N2. The minimum atomic E-state index is 0.379. The van der Waals surface area contributed by atoms with Crippen LogP contribution in [0.25, 0.3) is 0 Å². The van der Waals surface area contributed by atoms with Gasteiger partial charge in [0.25, 0.3) is 0 Å². The molecule has 1 saturated carbocycles. The first kappa shape index (κ1) is 10.4. The van der Waals surface area contributed by atoms with Crippen LogP contribution in [0.5, 0.6) is 0 Å². The Morgan fingerprint density at radius 1 is 1.21 bits per heavy atom. The van der Waals surface area contributed by atoms with Crippen LogP contribution in [-0.2, 0) is 0 Å². The summed E-state index contributed by atoms with van der Waals surface area (Å²) in [5.74, 6) is 0. The normalized spacial score (nSPS) is 34.7. The molecule has 2 rings (SSSR count). The SMILES string of the molecule is CCC1(CNCC2(C)CCCN2)CC1. The van der Waals surface area contributed by atoms with Crippen molar-refractivity contribution in [2.24, 2.45) is 5.41 Å². The first-order chi connectivity index (χ1) is 6.68. The highest BCUT2D eigenvalue weighted by Crippen LogP contribution is 2.47. The summed E-state index contributed by atoms with van der Waals surface area (Å²) in [6, 6.07) is 0. The van der Waals surface area contributed by atoms with E-state index in [9.17, 15) is 0 Å². The molecule has 2 N–H and O–H groups in total.